The van der Waals surface area contributed by atoms with Crippen LogP contribution in [0.1, 0.15) is 96.6 Å². The number of pyridine rings is 1. The molecule has 7 atom stereocenters. The van der Waals surface area contributed by atoms with Crippen LogP contribution in [0.2, 0.25) is 0 Å². The first-order chi connectivity index (χ1) is 31.6. The maximum atomic E-state index is 14.8. The van der Waals surface area contributed by atoms with Gasteiger partial charge in [0, 0.05) is 73.2 Å². The van der Waals surface area contributed by atoms with E-state index in [4.69, 9.17) is 19.2 Å². The van der Waals surface area contributed by atoms with Gasteiger partial charge in [0.1, 0.15) is 30.2 Å². The number of fused-ring (bicyclic) bond motifs is 6. The minimum absolute atomic E-state index is 0.0547. The van der Waals surface area contributed by atoms with E-state index in [2.05, 4.69) is 65.2 Å². The molecule has 0 radical (unpaired) electrons. The van der Waals surface area contributed by atoms with Crippen molar-refractivity contribution >= 4 is 28.7 Å². The van der Waals surface area contributed by atoms with E-state index in [1.54, 1.807) is 25.4 Å². The van der Waals surface area contributed by atoms with E-state index < -0.39 is 29.5 Å². The highest BCUT2D eigenvalue weighted by molar-refractivity contribution is 5.96. The van der Waals surface area contributed by atoms with E-state index in [0.717, 1.165) is 70.1 Å². The molecule has 2 aromatic carbocycles. The first-order valence-corrected chi connectivity index (χ1v) is 24.3. The number of methoxy groups -OCH3 is 1. The summed E-state index contributed by atoms with van der Waals surface area (Å²) in [6.45, 7) is 15.7. The van der Waals surface area contributed by atoms with E-state index in [9.17, 15) is 19.5 Å². The van der Waals surface area contributed by atoms with Crippen LogP contribution in [-0.4, -0.2) is 124 Å². The van der Waals surface area contributed by atoms with Gasteiger partial charge in [0.15, 0.2) is 0 Å². The third kappa shape index (κ3) is 9.36. The summed E-state index contributed by atoms with van der Waals surface area (Å²) in [6, 6.07) is 14.2. The molecule has 4 aromatic rings. The lowest BCUT2D eigenvalue weighted by atomic mass is 9.84. The average Bonchev–Trinajstić information content (AvgIpc) is 4.24. The fourth-order valence-corrected chi connectivity index (χ4v) is 11.1. The summed E-state index contributed by atoms with van der Waals surface area (Å²) in [4.78, 5) is 52.8. The van der Waals surface area contributed by atoms with E-state index in [-0.39, 0.29) is 54.9 Å². The lowest BCUT2D eigenvalue weighted by Crippen LogP contribution is -2.62. The molecule has 6 heterocycles. The zero-order valence-electron chi connectivity index (χ0n) is 40.0. The number of benzene rings is 2. The van der Waals surface area contributed by atoms with Crippen LogP contribution >= 0.6 is 0 Å². The molecular weight excluding hydrogens is 835 g/mol. The van der Waals surface area contributed by atoms with Crippen molar-refractivity contribution in [2.45, 2.75) is 136 Å². The number of hydrogen-bond donors (Lipinski definition) is 3. The number of hydrazine groups is 1. The molecular formula is C52H69N7O7. The van der Waals surface area contributed by atoms with Crippen molar-refractivity contribution in [2.75, 3.05) is 40.4 Å². The van der Waals surface area contributed by atoms with Gasteiger partial charge in [0.25, 0.3) is 5.91 Å². The van der Waals surface area contributed by atoms with Crippen LogP contribution in [0.15, 0.2) is 54.7 Å². The molecule has 4 aliphatic heterocycles. The van der Waals surface area contributed by atoms with Gasteiger partial charge in [0.2, 0.25) is 5.91 Å². The van der Waals surface area contributed by atoms with Crippen LogP contribution in [0.4, 0.5) is 0 Å². The zero-order chi connectivity index (χ0) is 46.6. The standard InChI is InChI=1S/C52H69N7O7/c1-9-58-43-17-14-33-26-39(43)40(46(58)38-12-10-19-53-44(38)31(4)64-8)27-52(5,6)29-65-51(63)41-13-11-20-59(55-41)49(62)42(24-32-22-35(33)25-37(60)23-32)54-48(61)45(30(2)3)56(7)50-47(66-50)34-18-21-57(28-34)36-15-16-36/h10,12,14,17,19,22-23,25-26,30-31,34,36,41-42,45,47,50,55,60H,9,11,13,15-16,18,20-21,24,27-29H2,1-8H3,(H,54,61)/t31-,34-,41-,42-,45-,47?,50?/m0/s1. The number of aromatic hydroxyl groups is 1. The van der Waals surface area contributed by atoms with Gasteiger partial charge >= 0.3 is 5.97 Å². The number of amides is 2. The number of aryl methyl sites for hydroxylation is 1. The molecule has 5 aliphatic rings. The minimum atomic E-state index is -1.02. The Morgan fingerprint density at radius 2 is 1.86 bits per heavy atom. The number of carbonyl (C=O) groups is 3. The van der Waals surface area contributed by atoms with Crippen molar-refractivity contribution in [1.29, 1.82) is 0 Å². The Balaban J connectivity index is 1.08. The number of aromatic nitrogens is 2. The van der Waals surface area contributed by atoms with E-state index >= 15 is 0 Å². The van der Waals surface area contributed by atoms with Crippen LogP contribution in [0.25, 0.3) is 33.3 Å². The Morgan fingerprint density at radius 1 is 1.06 bits per heavy atom. The second-order valence-corrected chi connectivity index (χ2v) is 20.7. The maximum absolute atomic E-state index is 14.8. The monoisotopic (exact) mass is 904 g/mol. The molecule has 2 aromatic heterocycles. The number of cyclic esters (lactones) is 1. The molecule has 2 amide bonds. The van der Waals surface area contributed by atoms with E-state index in [1.807, 2.05) is 44.9 Å². The molecule has 14 heteroatoms. The molecule has 1 saturated carbocycles. The summed E-state index contributed by atoms with van der Waals surface area (Å²) >= 11 is 0. The van der Waals surface area contributed by atoms with Crippen molar-refractivity contribution in [1.82, 2.24) is 35.1 Å². The van der Waals surface area contributed by atoms with Gasteiger partial charge in [-0.15, -0.1) is 0 Å². The number of esters is 1. The van der Waals surface area contributed by atoms with Crippen LogP contribution in [-0.2, 0) is 48.0 Å². The van der Waals surface area contributed by atoms with Crippen LogP contribution in [0.5, 0.6) is 5.75 Å². The molecule has 14 nitrogen and oxygen atoms in total. The molecule has 9 rings (SSSR count). The van der Waals surface area contributed by atoms with Crippen molar-refractivity contribution in [3.63, 3.8) is 0 Å². The average molecular weight is 904 g/mol. The molecule has 4 fully saturated rings. The SMILES string of the molecule is CCn1c(-c2cccnc2[C@H](C)OC)c2c3cc(ccc31)-c1cc(O)cc(c1)C[C@H](NC(=O)[C@H](C(C)C)N(C)C1OC1[C@H]1CCN(C3CC3)C1)C(=O)N1CCC[C@H](N1)C(=O)OCC(C)(C)C2. The number of rotatable bonds is 11. The largest absolute Gasteiger partial charge is 0.508 e. The van der Waals surface area contributed by atoms with E-state index in [0.29, 0.717) is 43.8 Å². The fraction of sp³-hybridized carbons (Fsp3) is 0.577. The predicted molar refractivity (Wildman–Crippen MR) is 253 cm³/mol. The Morgan fingerprint density at radius 3 is 2.61 bits per heavy atom. The highest BCUT2D eigenvalue weighted by Gasteiger charge is 2.53. The predicted octanol–water partition coefficient (Wildman–Crippen LogP) is 6.62. The molecule has 0 spiro atoms. The number of hydrogen-bond acceptors (Lipinski definition) is 11. The molecule has 2 unspecified atom stereocenters. The fourth-order valence-electron chi connectivity index (χ4n) is 11.1. The maximum Gasteiger partial charge on any atom is 0.324 e. The minimum Gasteiger partial charge on any atom is -0.508 e. The molecule has 1 aliphatic carbocycles. The van der Waals surface area contributed by atoms with Gasteiger partial charge in [0.05, 0.1) is 30.1 Å². The number of phenolic OH excluding ortho intramolecular Hbond substituents is 1. The van der Waals surface area contributed by atoms with Crippen molar-refractivity contribution in [2.24, 2.45) is 17.3 Å². The summed E-state index contributed by atoms with van der Waals surface area (Å²) in [5, 5.41) is 17.1. The summed E-state index contributed by atoms with van der Waals surface area (Å²) < 4.78 is 20.6. The first-order valence-electron chi connectivity index (χ1n) is 24.3. The Kier molecular flexibility index (Phi) is 13.1. The van der Waals surface area contributed by atoms with Gasteiger partial charge in [-0.3, -0.25) is 34.2 Å². The van der Waals surface area contributed by atoms with Crippen molar-refractivity contribution < 1.29 is 33.7 Å². The summed E-state index contributed by atoms with van der Waals surface area (Å²) in [7, 11) is 3.64. The Labute approximate surface area is 389 Å². The molecule has 3 saturated heterocycles. The van der Waals surface area contributed by atoms with Crippen molar-refractivity contribution in [3.8, 4) is 28.1 Å². The Bertz CT molecular complexity index is 2460. The van der Waals surface area contributed by atoms with Gasteiger partial charge in [-0.05, 0) is 131 Å². The quantitative estimate of drug-likeness (QED) is 0.110. The second kappa shape index (κ2) is 18.7. The van der Waals surface area contributed by atoms with Gasteiger partial charge in [-0.2, -0.15) is 0 Å². The first kappa shape index (κ1) is 46.3. The number of nitrogens with one attached hydrogen (secondary N) is 2. The summed E-state index contributed by atoms with van der Waals surface area (Å²) in [5.74, 6) is -0.645. The van der Waals surface area contributed by atoms with Crippen LogP contribution in [0.3, 0.4) is 0 Å². The highest BCUT2D eigenvalue weighted by Crippen LogP contribution is 2.43. The number of likely N-dealkylation sites (tertiary alicyclic amines) is 1. The third-order valence-electron chi connectivity index (χ3n) is 14.7. The Hall–Kier alpha value is -4.86. The smallest absolute Gasteiger partial charge is 0.324 e. The topological polar surface area (TPSA) is 154 Å². The number of likely N-dealkylation sites (N-methyl/N-ethyl adjacent to an activating group) is 1. The summed E-state index contributed by atoms with van der Waals surface area (Å²) in [5.41, 5.74) is 10.0. The van der Waals surface area contributed by atoms with Gasteiger partial charge in [-0.25, -0.2) is 5.43 Å². The van der Waals surface area contributed by atoms with Crippen LogP contribution in [0, 0.1) is 17.3 Å². The molecule has 354 valence electrons. The number of carbonyl (C=O) groups excluding carboxylic acids is 3. The zero-order valence-corrected chi connectivity index (χ0v) is 40.0. The normalized spacial score (nSPS) is 25.8. The number of epoxide rings is 1. The van der Waals surface area contributed by atoms with E-state index in [1.165, 1.54) is 17.9 Å². The van der Waals surface area contributed by atoms with Crippen molar-refractivity contribution in [3.05, 3.63) is 71.5 Å². The molecule has 6 bridgehead atoms. The number of phenols is 1. The number of ether oxygens (including phenoxy) is 3. The van der Waals surface area contributed by atoms with Crippen LogP contribution < -0.4 is 10.7 Å². The molecule has 3 N–H and O–H groups in total. The number of nitrogens with zero attached hydrogens (tertiary/aromatic N) is 5. The van der Waals surface area contributed by atoms with Gasteiger partial charge in [-0.1, -0.05) is 39.8 Å². The lowest BCUT2D eigenvalue weighted by Gasteiger charge is -2.36. The second-order valence-electron chi connectivity index (χ2n) is 20.7. The molecule has 66 heavy (non-hydrogen) atoms. The summed E-state index contributed by atoms with van der Waals surface area (Å²) in [6.07, 6.45) is 6.86. The van der Waals surface area contributed by atoms with Gasteiger partial charge < -0.3 is 29.2 Å². The highest BCUT2D eigenvalue weighted by atomic mass is 16.6. The lowest BCUT2D eigenvalue weighted by molar-refractivity contribution is -0.155. The third-order valence-corrected chi connectivity index (χ3v) is 14.7.